The molecule has 0 aliphatic carbocycles. The minimum atomic E-state index is -0.422. The molecule has 0 saturated carbocycles. The number of nitro benzene ring substituents is 1. The lowest BCUT2D eigenvalue weighted by Gasteiger charge is -2.07. The Morgan fingerprint density at radius 3 is 3.00 bits per heavy atom. The van der Waals surface area contributed by atoms with E-state index in [0.717, 1.165) is 0 Å². The average Bonchev–Trinajstić information content (AvgIpc) is 2.78. The number of aromatic amines is 1. The number of nitrogens with one attached hydrogen (secondary N) is 1. The molecule has 2 rings (SSSR count). The third-order valence-corrected chi connectivity index (χ3v) is 3.19. The van der Waals surface area contributed by atoms with Gasteiger partial charge in [0.15, 0.2) is 10.6 Å². The third-order valence-electron chi connectivity index (χ3n) is 2.88. The van der Waals surface area contributed by atoms with Gasteiger partial charge in [-0.1, -0.05) is 6.08 Å². The van der Waals surface area contributed by atoms with Gasteiger partial charge in [0.2, 0.25) is 0 Å². The predicted octanol–water partition coefficient (Wildman–Crippen LogP) is 2.92. The molecule has 8 heteroatoms. The Morgan fingerprint density at radius 1 is 1.62 bits per heavy atom. The molecule has 0 atom stereocenters. The number of allylic oxidation sites excluding steroid dienone is 1. The molecule has 21 heavy (non-hydrogen) atoms. The summed E-state index contributed by atoms with van der Waals surface area (Å²) in [6, 6.07) is 4.60. The van der Waals surface area contributed by atoms with E-state index >= 15 is 0 Å². The molecule has 0 fully saturated rings. The number of rotatable bonds is 6. The number of hydrogen-bond donors (Lipinski definition) is 1. The highest BCUT2D eigenvalue weighted by atomic mass is 32.1. The molecule has 7 nitrogen and oxygen atoms in total. The Morgan fingerprint density at radius 2 is 2.38 bits per heavy atom. The first-order chi connectivity index (χ1) is 10.0. The van der Waals surface area contributed by atoms with Gasteiger partial charge in [-0.2, -0.15) is 5.10 Å². The van der Waals surface area contributed by atoms with Gasteiger partial charge in [-0.25, -0.2) is 0 Å². The Labute approximate surface area is 126 Å². The van der Waals surface area contributed by atoms with Gasteiger partial charge in [-0.3, -0.25) is 19.8 Å². The van der Waals surface area contributed by atoms with Crippen LogP contribution in [-0.4, -0.2) is 19.7 Å². The monoisotopic (exact) mass is 306 g/mol. The highest BCUT2D eigenvalue weighted by Crippen LogP contribution is 2.23. The third kappa shape index (κ3) is 3.34. The van der Waals surface area contributed by atoms with Crippen molar-refractivity contribution in [1.82, 2.24) is 14.8 Å². The zero-order valence-electron chi connectivity index (χ0n) is 11.4. The number of aryl methyl sites for hydroxylation is 1. The molecule has 1 heterocycles. The molecule has 0 amide bonds. The zero-order valence-corrected chi connectivity index (χ0v) is 12.2. The fourth-order valence-corrected chi connectivity index (χ4v) is 2.07. The Kier molecular flexibility index (Phi) is 4.49. The lowest BCUT2D eigenvalue weighted by molar-refractivity contribution is -0.385. The maximum atomic E-state index is 10.8. The van der Waals surface area contributed by atoms with E-state index in [0.29, 0.717) is 28.5 Å². The summed E-state index contributed by atoms with van der Waals surface area (Å²) in [6.07, 6.45) is 1.71. The molecule has 0 unspecified atom stereocenters. The lowest BCUT2D eigenvalue weighted by Crippen LogP contribution is -2.06. The van der Waals surface area contributed by atoms with Crippen LogP contribution >= 0.6 is 12.2 Å². The number of ether oxygens (including phenoxy) is 1. The van der Waals surface area contributed by atoms with Gasteiger partial charge in [-0.15, -0.1) is 6.58 Å². The number of nitrogens with zero attached hydrogens (tertiary/aromatic N) is 3. The Hall–Kier alpha value is -2.48. The second kappa shape index (κ2) is 6.31. The molecule has 1 N–H and O–H groups in total. The molecule has 2 aromatic rings. The highest BCUT2D eigenvalue weighted by molar-refractivity contribution is 7.71. The van der Waals surface area contributed by atoms with Crippen molar-refractivity contribution in [1.29, 1.82) is 0 Å². The summed E-state index contributed by atoms with van der Waals surface area (Å²) in [4.78, 5) is 10.3. The van der Waals surface area contributed by atoms with Crippen molar-refractivity contribution in [2.24, 2.45) is 0 Å². The van der Waals surface area contributed by atoms with Crippen molar-refractivity contribution in [3.05, 3.63) is 57.1 Å². The van der Waals surface area contributed by atoms with Crippen molar-refractivity contribution in [3.8, 4) is 5.75 Å². The Balaban J connectivity index is 2.13. The number of H-pyrrole nitrogens is 1. The van der Waals surface area contributed by atoms with Crippen LogP contribution < -0.4 is 4.74 Å². The summed E-state index contributed by atoms with van der Waals surface area (Å²) >= 11 is 5.10. The van der Waals surface area contributed by atoms with Gasteiger partial charge in [0.25, 0.3) is 5.69 Å². The first kappa shape index (κ1) is 14.9. The number of hydrogen-bond acceptors (Lipinski definition) is 5. The first-order valence-electron chi connectivity index (χ1n) is 6.15. The van der Waals surface area contributed by atoms with E-state index in [1.54, 1.807) is 29.7 Å². The van der Waals surface area contributed by atoms with Crippen LogP contribution in [0.4, 0.5) is 5.69 Å². The van der Waals surface area contributed by atoms with Crippen LogP contribution in [0.3, 0.4) is 0 Å². The van der Waals surface area contributed by atoms with E-state index in [9.17, 15) is 10.1 Å². The topological polar surface area (TPSA) is 86.0 Å². The van der Waals surface area contributed by atoms with Crippen LogP contribution in [0.25, 0.3) is 0 Å². The van der Waals surface area contributed by atoms with E-state index in [1.165, 1.54) is 6.07 Å². The SMILES string of the molecule is C=CCn1c(COc2ccc([N+](=O)[O-])c(C)c2)n[nH]c1=S. The first-order valence-corrected chi connectivity index (χ1v) is 6.56. The van der Waals surface area contributed by atoms with Crippen molar-refractivity contribution in [2.75, 3.05) is 0 Å². The minimum absolute atomic E-state index is 0.0664. The summed E-state index contributed by atoms with van der Waals surface area (Å²) in [6.45, 7) is 6.07. The van der Waals surface area contributed by atoms with E-state index < -0.39 is 4.92 Å². The summed E-state index contributed by atoms with van der Waals surface area (Å²) in [5.41, 5.74) is 0.610. The smallest absolute Gasteiger partial charge is 0.272 e. The van der Waals surface area contributed by atoms with E-state index in [4.69, 9.17) is 17.0 Å². The largest absolute Gasteiger partial charge is 0.486 e. The number of benzene rings is 1. The summed E-state index contributed by atoms with van der Waals surface area (Å²) in [7, 11) is 0. The average molecular weight is 306 g/mol. The summed E-state index contributed by atoms with van der Waals surface area (Å²) in [5, 5.41) is 17.5. The molecule has 110 valence electrons. The van der Waals surface area contributed by atoms with Gasteiger partial charge >= 0.3 is 0 Å². The number of nitro groups is 1. The van der Waals surface area contributed by atoms with Crippen molar-refractivity contribution < 1.29 is 9.66 Å². The molecule has 0 saturated heterocycles. The van der Waals surface area contributed by atoms with E-state index in [2.05, 4.69) is 16.8 Å². The molecular formula is C13H14N4O3S. The van der Waals surface area contributed by atoms with Crippen molar-refractivity contribution >= 4 is 17.9 Å². The molecule has 0 aliphatic rings. The lowest BCUT2D eigenvalue weighted by atomic mass is 10.2. The fraction of sp³-hybridized carbons (Fsp3) is 0.231. The van der Waals surface area contributed by atoms with Crippen molar-refractivity contribution in [3.63, 3.8) is 0 Å². The molecule has 0 spiro atoms. The van der Waals surface area contributed by atoms with Crippen LogP contribution in [0.2, 0.25) is 0 Å². The number of aromatic nitrogens is 3. The normalized spacial score (nSPS) is 10.3. The molecule has 0 radical (unpaired) electrons. The maximum Gasteiger partial charge on any atom is 0.272 e. The minimum Gasteiger partial charge on any atom is -0.486 e. The standard InChI is InChI=1S/C13H14N4O3S/c1-3-6-16-12(14-15-13(16)21)8-20-10-4-5-11(17(18)19)9(2)7-10/h3-5,7H,1,6,8H2,2H3,(H,15,21). The van der Waals surface area contributed by atoms with Gasteiger partial charge in [-0.05, 0) is 31.3 Å². The quantitative estimate of drug-likeness (QED) is 0.384. The van der Waals surface area contributed by atoms with Crippen LogP contribution in [0.5, 0.6) is 5.75 Å². The molecule has 0 aliphatic heterocycles. The zero-order chi connectivity index (χ0) is 15.4. The molecule has 1 aromatic carbocycles. The van der Waals surface area contributed by atoms with Gasteiger partial charge in [0.1, 0.15) is 12.4 Å². The summed E-state index contributed by atoms with van der Waals surface area (Å²) in [5.74, 6) is 1.17. The second-order valence-corrected chi connectivity index (χ2v) is 4.73. The molecular weight excluding hydrogens is 292 g/mol. The van der Waals surface area contributed by atoms with E-state index in [-0.39, 0.29) is 12.3 Å². The van der Waals surface area contributed by atoms with Crippen LogP contribution in [0.15, 0.2) is 30.9 Å². The predicted molar refractivity (Wildman–Crippen MR) is 79.8 cm³/mol. The van der Waals surface area contributed by atoms with Gasteiger partial charge in [0, 0.05) is 18.2 Å². The van der Waals surface area contributed by atoms with Crippen molar-refractivity contribution in [2.45, 2.75) is 20.1 Å². The van der Waals surface area contributed by atoms with Crippen LogP contribution in [0.1, 0.15) is 11.4 Å². The second-order valence-electron chi connectivity index (χ2n) is 4.34. The van der Waals surface area contributed by atoms with Gasteiger partial charge in [0.05, 0.1) is 4.92 Å². The Bertz CT molecular complexity index is 735. The van der Waals surface area contributed by atoms with Crippen LogP contribution in [-0.2, 0) is 13.2 Å². The highest BCUT2D eigenvalue weighted by Gasteiger charge is 2.11. The maximum absolute atomic E-state index is 10.8. The van der Waals surface area contributed by atoms with E-state index in [1.807, 2.05) is 0 Å². The fourth-order valence-electron chi connectivity index (χ4n) is 1.85. The summed E-state index contributed by atoms with van der Waals surface area (Å²) < 4.78 is 7.86. The van der Waals surface area contributed by atoms with Crippen LogP contribution in [0, 0.1) is 21.8 Å². The molecule has 0 bridgehead atoms. The van der Waals surface area contributed by atoms with Gasteiger partial charge < -0.3 is 4.74 Å². The molecule has 1 aromatic heterocycles.